The number of hydrogen-bond donors (Lipinski definition) is 2. The van der Waals surface area contributed by atoms with Crippen molar-refractivity contribution < 1.29 is 9.53 Å². The third-order valence-electron chi connectivity index (χ3n) is 5.06. The van der Waals surface area contributed by atoms with Crippen LogP contribution in [0.4, 0.5) is 11.6 Å². The van der Waals surface area contributed by atoms with E-state index in [4.69, 9.17) is 10.5 Å². The van der Waals surface area contributed by atoms with Crippen molar-refractivity contribution in [1.82, 2.24) is 15.3 Å². The van der Waals surface area contributed by atoms with Crippen molar-refractivity contribution in [3.05, 3.63) is 5.56 Å². The molecule has 0 saturated carbocycles. The number of rotatable bonds is 8. The van der Waals surface area contributed by atoms with Gasteiger partial charge in [0.05, 0.1) is 13.0 Å². The minimum atomic E-state index is 0.0621. The zero-order chi connectivity index (χ0) is 17.6. The molecule has 1 fully saturated rings. The summed E-state index contributed by atoms with van der Waals surface area (Å²) >= 11 is 0. The number of fused-ring (bicyclic) bond motifs is 1. The molecule has 1 saturated heterocycles. The van der Waals surface area contributed by atoms with Crippen LogP contribution in [0.2, 0.25) is 0 Å². The first kappa shape index (κ1) is 17.9. The summed E-state index contributed by atoms with van der Waals surface area (Å²) in [7, 11) is 0. The number of hydrogen-bond acceptors (Lipinski definition) is 6. The predicted molar refractivity (Wildman–Crippen MR) is 97.7 cm³/mol. The number of anilines is 2. The maximum absolute atomic E-state index is 12.4. The first-order chi connectivity index (χ1) is 12.2. The molecule has 3 heterocycles. The van der Waals surface area contributed by atoms with E-state index in [9.17, 15) is 4.79 Å². The first-order valence-electron chi connectivity index (χ1n) is 9.49. The van der Waals surface area contributed by atoms with Gasteiger partial charge in [0.1, 0.15) is 11.6 Å². The molecule has 1 aromatic rings. The Morgan fingerprint density at radius 1 is 1.28 bits per heavy atom. The topological polar surface area (TPSA) is 93.4 Å². The minimum Gasteiger partial charge on any atom is -0.463 e. The zero-order valence-corrected chi connectivity index (χ0v) is 15.1. The molecule has 1 amide bonds. The molecule has 1 aromatic heterocycles. The van der Waals surface area contributed by atoms with Gasteiger partial charge in [0, 0.05) is 12.1 Å². The lowest BCUT2D eigenvalue weighted by molar-refractivity contribution is -0.117. The number of nitrogens with two attached hydrogens (primary N) is 1. The van der Waals surface area contributed by atoms with E-state index in [0.717, 1.165) is 50.3 Å². The molecule has 3 N–H and O–H groups in total. The predicted octanol–water partition coefficient (Wildman–Crippen LogP) is 1.91. The first-order valence-corrected chi connectivity index (χ1v) is 9.49. The van der Waals surface area contributed by atoms with Gasteiger partial charge in [-0.3, -0.25) is 9.69 Å². The fourth-order valence-electron chi connectivity index (χ4n) is 3.54. The largest absolute Gasteiger partial charge is 0.463 e. The molecule has 0 bridgehead atoms. The summed E-state index contributed by atoms with van der Waals surface area (Å²) < 4.78 is 5.59. The molecular weight excluding hydrogens is 318 g/mol. The Kier molecular flexibility index (Phi) is 6.07. The Bertz CT molecular complexity index is 601. The van der Waals surface area contributed by atoms with Crippen molar-refractivity contribution in [3.63, 3.8) is 0 Å². The summed E-state index contributed by atoms with van der Waals surface area (Å²) in [5.74, 6) is 1.84. The number of carbonyl (C=O) groups is 1. The third-order valence-corrected chi connectivity index (χ3v) is 5.06. The molecule has 0 atom stereocenters. The summed E-state index contributed by atoms with van der Waals surface area (Å²) in [6, 6.07) is 0.280. The average Bonchev–Trinajstić information content (AvgIpc) is 2.93. The molecule has 2 aliphatic heterocycles. The third kappa shape index (κ3) is 4.39. The molecule has 0 aromatic carbocycles. The zero-order valence-electron chi connectivity index (χ0n) is 15.1. The van der Waals surface area contributed by atoms with E-state index in [2.05, 4.69) is 22.2 Å². The number of aromatic nitrogens is 2. The van der Waals surface area contributed by atoms with Gasteiger partial charge in [0.2, 0.25) is 5.91 Å². The van der Waals surface area contributed by atoms with Crippen LogP contribution in [0.15, 0.2) is 0 Å². The molecule has 7 nitrogen and oxygen atoms in total. The lowest BCUT2D eigenvalue weighted by Gasteiger charge is -2.23. The maximum atomic E-state index is 12.4. The lowest BCUT2D eigenvalue weighted by atomic mass is 9.93. The summed E-state index contributed by atoms with van der Waals surface area (Å²) in [5.41, 5.74) is 6.78. The second-order valence-electron chi connectivity index (χ2n) is 6.95. The van der Waals surface area contributed by atoms with E-state index in [0.29, 0.717) is 31.2 Å². The van der Waals surface area contributed by atoms with E-state index < -0.39 is 0 Å². The van der Waals surface area contributed by atoms with Crippen LogP contribution < -0.4 is 20.7 Å². The normalized spacial score (nSPS) is 17.8. The fourth-order valence-corrected chi connectivity index (χ4v) is 3.54. The van der Waals surface area contributed by atoms with E-state index in [1.807, 2.05) is 0 Å². The molecule has 0 unspecified atom stereocenters. The number of piperidine rings is 1. The molecule has 2 aliphatic rings. The number of nitrogen functional groups attached to an aromatic ring is 1. The van der Waals surface area contributed by atoms with Gasteiger partial charge in [-0.25, -0.2) is 0 Å². The Morgan fingerprint density at radius 2 is 2.08 bits per heavy atom. The van der Waals surface area contributed by atoms with E-state index in [1.165, 1.54) is 12.8 Å². The van der Waals surface area contributed by atoms with Crippen LogP contribution in [0, 0.1) is 5.92 Å². The number of nitrogens with one attached hydrogen (secondary N) is 1. The SMILES string of the molecule is CCCCOc1nc(N)c2c(n1)N(CCCC1CCNCC1)C(=O)C2. The van der Waals surface area contributed by atoms with Crippen LogP contribution in [0.25, 0.3) is 0 Å². The number of unbranched alkanes of at least 4 members (excludes halogenated alkanes) is 1. The van der Waals surface area contributed by atoms with Crippen molar-refractivity contribution >= 4 is 17.5 Å². The Labute approximate surface area is 149 Å². The number of amides is 1. The van der Waals surface area contributed by atoms with Gasteiger partial charge in [-0.15, -0.1) is 0 Å². The monoisotopic (exact) mass is 347 g/mol. The smallest absolute Gasteiger partial charge is 0.320 e. The number of ether oxygens (including phenoxy) is 1. The van der Waals surface area contributed by atoms with Gasteiger partial charge in [-0.2, -0.15) is 9.97 Å². The summed E-state index contributed by atoms with van der Waals surface area (Å²) in [6.45, 7) is 5.58. The molecule has 7 heteroatoms. The van der Waals surface area contributed by atoms with Crippen LogP contribution >= 0.6 is 0 Å². The Hall–Kier alpha value is -1.89. The minimum absolute atomic E-state index is 0.0621. The number of nitrogens with zero attached hydrogens (tertiary/aromatic N) is 3. The van der Waals surface area contributed by atoms with Crippen LogP contribution in [-0.4, -0.2) is 42.1 Å². The highest BCUT2D eigenvalue weighted by molar-refractivity contribution is 6.01. The van der Waals surface area contributed by atoms with Gasteiger partial charge < -0.3 is 15.8 Å². The van der Waals surface area contributed by atoms with Crippen molar-refractivity contribution in [1.29, 1.82) is 0 Å². The van der Waals surface area contributed by atoms with Crippen molar-refractivity contribution in [2.75, 3.05) is 36.9 Å². The Balaban J connectivity index is 1.62. The summed E-state index contributed by atoms with van der Waals surface area (Å²) in [5, 5.41) is 3.39. The van der Waals surface area contributed by atoms with E-state index in [1.54, 1.807) is 4.90 Å². The maximum Gasteiger partial charge on any atom is 0.320 e. The van der Waals surface area contributed by atoms with Gasteiger partial charge >= 0.3 is 6.01 Å². The lowest BCUT2D eigenvalue weighted by Crippen LogP contribution is -2.30. The molecule has 0 aliphatic carbocycles. The molecule has 25 heavy (non-hydrogen) atoms. The second kappa shape index (κ2) is 8.47. The highest BCUT2D eigenvalue weighted by Crippen LogP contribution is 2.32. The highest BCUT2D eigenvalue weighted by Gasteiger charge is 2.32. The van der Waals surface area contributed by atoms with Crippen LogP contribution in [0.1, 0.15) is 51.0 Å². The number of carbonyl (C=O) groups excluding carboxylic acids is 1. The fraction of sp³-hybridized carbons (Fsp3) is 0.722. The van der Waals surface area contributed by atoms with E-state index >= 15 is 0 Å². The van der Waals surface area contributed by atoms with Crippen molar-refractivity contribution in [2.45, 2.75) is 51.9 Å². The standard InChI is InChI=1S/C18H29N5O2/c1-2-3-11-25-18-21-16(19)14-12-15(24)23(17(14)22-18)10-4-5-13-6-8-20-9-7-13/h13,20H,2-12H2,1H3,(H2,19,21,22). The average molecular weight is 347 g/mol. The van der Waals surface area contributed by atoms with Crippen LogP contribution in [0.5, 0.6) is 6.01 Å². The van der Waals surface area contributed by atoms with Crippen LogP contribution in [-0.2, 0) is 11.2 Å². The molecule has 0 spiro atoms. The summed E-state index contributed by atoms with van der Waals surface area (Å²) in [6.07, 6.45) is 6.89. The van der Waals surface area contributed by atoms with Crippen molar-refractivity contribution in [2.24, 2.45) is 5.92 Å². The molecule has 0 radical (unpaired) electrons. The molecule has 138 valence electrons. The highest BCUT2D eigenvalue weighted by atomic mass is 16.5. The quantitative estimate of drug-likeness (QED) is 0.698. The second-order valence-corrected chi connectivity index (χ2v) is 6.95. The van der Waals surface area contributed by atoms with Gasteiger partial charge in [-0.05, 0) is 51.1 Å². The van der Waals surface area contributed by atoms with Gasteiger partial charge in [0.25, 0.3) is 0 Å². The van der Waals surface area contributed by atoms with Crippen molar-refractivity contribution in [3.8, 4) is 6.01 Å². The van der Waals surface area contributed by atoms with Gasteiger partial charge in [0.15, 0.2) is 0 Å². The van der Waals surface area contributed by atoms with E-state index in [-0.39, 0.29) is 11.9 Å². The molecular formula is C18H29N5O2. The van der Waals surface area contributed by atoms with Crippen LogP contribution in [0.3, 0.4) is 0 Å². The van der Waals surface area contributed by atoms with Gasteiger partial charge in [-0.1, -0.05) is 13.3 Å². The summed E-state index contributed by atoms with van der Waals surface area (Å²) in [4.78, 5) is 22.8. The molecule has 3 rings (SSSR count). The Morgan fingerprint density at radius 3 is 2.84 bits per heavy atom.